The van der Waals surface area contributed by atoms with E-state index in [1.54, 1.807) is 0 Å². The van der Waals surface area contributed by atoms with E-state index in [0.717, 1.165) is 6.54 Å². The first-order valence-corrected chi connectivity index (χ1v) is 7.18. The summed E-state index contributed by atoms with van der Waals surface area (Å²) in [5.74, 6) is 0. The molecule has 102 valence electrons. The molecule has 0 aromatic heterocycles. The Morgan fingerprint density at radius 1 is 1.00 bits per heavy atom. The van der Waals surface area contributed by atoms with Gasteiger partial charge in [0.2, 0.25) is 0 Å². The summed E-state index contributed by atoms with van der Waals surface area (Å²) in [6.07, 6.45) is 1.20. The second-order valence-electron chi connectivity index (χ2n) is 6.59. The first-order valence-electron chi connectivity index (χ1n) is 7.18. The Morgan fingerprint density at radius 3 is 2.37 bits per heavy atom. The lowest BCUT2D eigenvalue weighted by Crippen LogP contribution is -2.23. The summed E-state index contributed by atoms with van der Waals surface area (Å²) >= 11 is 0. The van der Waals surface area contributed by atoms with Crippen LogP contribution in [0.5, 0.6) is 0 Å². The molecule has 0 aliphatic heterocycles. The molecule has 0 aliphatic rings. The number of benzene rings is 2. The lowest BCUT2D eigenvalue weighted by atomic mass is 9.92. The summed E-state index contributed by atoms with van der Waals surface area (Å²) in [5.41, 5.74) is 1.77. The van der Waals surface area contributed by atoms with Crippen LogP contribution in [0.4, 0.5) is 0 Å². The van der Waals surface area contributed by atoms with Gasteiger partial charge in [-0.1, -0.05) is 57.2 Å². The van der Waals surface area contributed by atoms with Crippen molar-refractivity contribution in [3.63, 3.8) is 0 Å². The molecule has 1 nitrogen and oxygen atoms in total. The van der Waals surface area contributed by atoms with Crippen molar-refractivity contribution in [1.29, 1.82) is 0 Å². The van der Waals surface area contributed by atoms with Gasteiger partial charge in [0.15, 0.2) is 0 Å². The minimum absolute atomic E-state index is 0.399. The molecule has 1 atom stereocenters. The van der Waals surface area contributed by atoms with Crippen LogP contribution in [0.2, 0.25) is 0 Å². The molecule has 19 heavy (non-hydrogen) atoms. The van der Waals surface area contributed by atoms with Crippen LogP contribution in [-0.2, 0) is 0 Å². The summed E-state index contributed by atoms with van der Waals surface area (Å²) in [6, 6.07) is 15.7. The van der Waals surface area contributed by atoms with Crippen molar-refractivity contribution >= 4 is 10.8 Å². The van der Waals surface area contributed by atoms with Gasteiger partial charge in [0.05, 0.1) is 0 Å². The van der Waals surface area contributed by atoms with Gasteiger partial charge >= 0.3 is 0 Å². The van der Waals surface area contributed by atoms with E-state index < -0.39 is 0 Å². The quantitative estimate of drug-likeness (QED) is 0.817. The fraction of sp³-hybridized carbons (Fsp3) is 0.444. The van der Waals surface area contributed by atoms with Crippen molar-refractivity contribution in [2.45, 2.75) is 40.2 Å². The Labute approximate surface area is 117 Å². The van der Waals surface area contributed by atoms with Crippen LogP contribution in [0.15, 0.2) is 42.5 Å². The average molecular weight is 255 g/mol. The van der Waals surface area contributed by atoms with Crippen LogP contribution in [0.3, 0.4) is 0 Å². The monoisotopic (exact) mass is 255 g/mol. The molecule has 0 aliphatic carbocycles. The zero-order chi connectivity index (χ0) is 13.9. The van der Waals surface area contributed by atoms with E-state index >= 15 is 0 Å². The second kappa shape index (κ2) is 5.75. The Balaban J connectivity index is 2.03. The highest BCUT2D eigenvalue weighted by molar-refractivity contribution is 5.83. The van der Waals surface area contributed by atoms with Crippen LogP contribution < -0.4 is 5.32 Å². The fourth-order valence-electron chi connectivity index (χ4n) is 2.26. The third-order valence-electron chi connectivity index (χ3n) is 3.60. The number of hydrogen-bond donors (Lipinski definition) is 1. The van der Waals surface area contributed by atoms with Gasteiger partial charge < -0.3 is 5.32 Å². The Bertz CT molecular complexity index is 537. The van der Waals surface area contributed by atoms with Crippen molar-refractivity contribution in [2.75, 3.05) is 6.54 Å². The van der Waals surface area contributed by atoms with Crippen LogP contribution in [-0.4, -0.2) is 6.54 Å². The number of nitrogens with one attached hydrogen (secondary N) is 1. The number of rotatable bonds is 4. The van der Waals surface area contributed by atoms with Crippen molar-refractivity contribution in [2.24, 2.45) is 5.41 Å². The van der Waals surface area contributed by atoms with Crippen LogP contribution in [0.25, 0.3) is 10.8 Å². The molecule has 1 unspecified atom stereocenters. The molecule has 0 radical (unpaired) electrons. The smallest absolute Gasteiger partial charge is 0.0292 e. The van der Waals surface area contributed by atoms with Crippen LogP contribution in [0.1, 0.15) is 45.7 Å². The Morgan fingerprint density at radius 2 is 1.68 bits per heavy atom. The van der Waals surface area contributed by atoms with Crippen molar-refractivity contribution < 1.29 is 0 Å². The summed E-state index contributed by atoms with van der Waals surface area (Å²) in [7, 11) is 0. The molecule has 2 rings (SSSR count). The lowest BCUT2D eigenvalue weighted by Gasteiger charge is -2.21. The molecule has 0 saturated carbocycles. The van der Waals surface area contributed by atoms with E-state index in [2.05, 4.69) is 75.5 Å². The van der Waals surface area contributed by atoms with Gasteiger partial charge in [-0.15, -0.1) is 0 Å². The summed E-state index contributed by atoms with van der Waals surface area (Å²) in [6.45, 7) is 10.2. The highest BCUT2D eigenvalue weighted by atomic mass is 14.9. The van der Waals surface area contributed by atoms with Gasteiger partial charge in [0.1, 0.15) is 0 Å². The average Bonchev–Trinajstić information content (AvgIpc) is 2.36. The van der Waals surface area contributed by atoms with Gasteiger partial charge in [-0.05, 0) is 47.7 Å². The first-order chi connectivity index (χ1) is 8.96. The molecule has 1 heteroatoms. The lowest BCUT2D eigenvalue weighted by molar-refractivity contribution is 0.358. The molecule has 0 fully saturated rings. The predicted octanol–water partition coefficient (Wildman–Crippen LogP) is 4.93. The highest BCUT2D eigenvalue weighted by Crippen LogP contribution is 2.21. The van der Waals surface area contributed by atoms with Gasteiger partial charge in [0, 0.05) is 6.04 Å². The summed E-state index contributed by atoms with van der Waals surface area (Å²) in [5, 5.41) is 6.26. The van der Waals surface area contributed by atoms with Gasteiger partial charge in [0.25, 0.3) is 0 Å². The molecule has 2 aromatic carbocycles. The molecule has 0 heterocycles. The molecule has 1 N–H and O–H groups in total. The van der Waals surface area contributed by atoms with E-state index in [1.165, 1.54) is 22.8 Å². The molecular weight excluding hydrogens is 230 g/mol. The zero-order valence-corrected chi connectivity index (χ0v) is 12.5. The molecule has 0 bridgehead atoms. The number of hydrogen-bond acceptors (Lipinski definition) is 1. The van der Waals surface area contributed by atoms with Gasteiger partial charge in [-0.25, -0.2) is 0 Å². The van der Waals surface area contributed by atoms with E-state index in [4.69, 9.17) is 0 Å². The second-order valence-corrected chi connectivity index (χ2v) is 6.59. The van der Waals surface area contributed by atoms with Gasteiger partial charge in [-0.2, -0.15) is 0 Å². The van der Waals surface area contributed by atoms with Gasteiger partial charge in [-0.3, -0.25) is 0 Å². The molecule has 0 amide bonds. The standard InChI is InChI=1S/C18H25N/c1-14(19-12-11-18(2,3)4)16-10-9-15-7-5-6-8-17(15)13-16/h5-10,13-14,19H,11-12H2,1-4H3. The largest absolute Gasteiger partial charge is 0.310 e. The van der Waals surface area contributed by atoms with E-state index in [1.807, 2.05) is 0 Å². The topological polar surface area (TPSA) is 12.0 Å². The predicted molar refractivity (Wildman–Crippen MR) is 84.4 cm³/mol. The third kappa shape index (κ3) is 4.07. The van der Waals surface area contributed by atoms with E-state index in [0.29, 0.717) is 11.5 Å². The maximum absolute atomic E-state index is 3.62. The third-order valence-corrected chi connectivity index (χ3v) is 3.60. The van der Waals surface area contributed by atoms with Crippen LogP contribution >= 0.6 is 0 Å². The minimum Gasteiger partial charge on any atom is -0.310 e. The maximum atomic E-state index is 3.62. The Hall–Kier alpha value is -1.34. The summed E-state index contributed by atoms with van der Waals surface area (Å²) < 4.78 is 0. The number of fused-ring (bicyclic) bond motifs is 1. The zero-order valence-electron chi connectivity index (χ0n) is 12.5. The normalized spacial score (nSPS) is 13.7. The Kier molecular flexibility index (Phi) is 4.26. The SMILES string of the molecule is CC(NCCC(C)(C)C)c1ccc2ccccc2c1. The highest BCUT2D eigenvalue weighted by Gasteiger charge is 2.11. The minimum atomic E-state index is 0.399. The molecule has 0 saturated heterocycles. The van der Waals surface area contributed by atoms with Crippen molar-refractivity contribution in [1.82, 2.24) is 5.32 Å². The molecule has 2 aromatic rings. The fourth-order valence-corrected chi connectivity index (χ4v) is 2.26. The van der Waals surface area contributed by atoms with Crippen molar-refractivity contribution in [3.05, 3.63) is 48.0 Å². The van der Waals surface area contributed by atoms with E-state index in [9.17, 15) is 0 Å². The van der Waals surface area contributed by atoms with Crippen molar-refractivity contribution in [3.8, 4) is 0 Å². The summed E-state index contributed by atoms with van der Waals surface area (Å²) in [4.78, 5) is 0. The van der Waals surface area contributed by atoms with Crippen LogP contribution in [0, 0.1) is 5.41 Å². The van der Waals surface area contributed by atoms with E-state index in [-0.39, 0.29) is 0 Å². The maximum Gasteiger partial charge on any atom is 0.0292 e. The molecule has 0 spiro atoms. The molecular formula is C18H25N. The first kappa shape index (κ1) is 14.1.